The van der Waals surface area contributed by atoms with Crippen molar-refractivity contribution < 1.29 is 66.4 Å². The molecule has 0 spiro atoms. The summed E-state index contributed by atoms with van der Waals surface area (Å²) in [6.07, 6.45) is 11.9. The Kier molecular flexibility index (Phi) is 14.8. The van der Waals surface area contributed by atoms with Gasteiger partial charge in [-0.05, 0) is 98.0 Å². The van der Waals surface area contributed by atoms with E-state index in [0.29, 0.717) is 63.7 Å². The van der Waals surface area contributed by atoms with Crippen molar-refractivity contribution in [2.45, 2.75) is 81.4 Å². The molecule has 3 aliphatic heterocycles. The Balaban J connectivity index is 1.52. The first-order valence-corrected chi connectivity index (χ1v) is 27.4. The highest BCUT2D eigenvalue weighted by atomic mass is 35.5. The van der Waals surface area contributed by atoms with Crippen LogP contribution in [0.5, 0.6) is 0 Å². The quantitative estimate of drug-likeness (QED) is 0.0340. The molecule has 0 unspecified atom stereocenters. The van der Waals surface area contributed by atoms with E-state index >= 15 is 0 Å². The zero-order valence-electron chi connectivity index (χ0n) is 36.9. The number of rotatable bonds is 19. The second kappa shape index (κ2) is 19.3. The lowest BCUT2D eigenvalue weighted by molar-refractivity contribution is -0.438. The number of hydrogen-bond acceptors (Lipinski definition) is 11. The zero-order valence-corrected chi connectivity index (χ0v) is 40.9. The third-order valence-corrected chi connectivity index (χ3v) is 15.4. The fourth-order valence-corrected chi connectivity index (χ4v) is 11.3. The van der Waals surface area contributed by atoms with E-state index in [4.69, 9.17) is 16.6 Å². The van der Waals surface area contributed by atoms with Gasteiger partial charge in [-0.3, -0.25) is 23.0 Å². The molecule has 5 N–H and O–H groups in total. The number of amidine groups is 1. The van der Waals surface area contributed by atoms with Gasteiger partial charge < -0.3 is 10.0 Å². The summed E-state index contributed by atoms with van der Waals surface area (Å²) in [5.41, 5.74) is 3.28. The van der Waals surface area contributed by atoms with Crippen LogP contribution in [-0.2, 0) is 57.1 Å². The van der Waals surface area contributed by atoms with Gasteiger partial charge in [0.1, 0.15) is 17.3 Å². The molecular formula is C45H51ClN3O14S4+. The summed E-state index contributed by atoms with van der Waals surface area (Å²) in [7, 11) is -18.4. The second-order valence-corrected chi connectivity index (χ2v) is 23.9. The van der Waals surface area contributed by atoms with Gasteiger partial charge in [0.2, 0.25) is 5.69 Å². The number of carboxylic acid groups (broad SMARTS) is 1. The van der Waals surface area contributed by atoms with Crippen LogP contribution in [0, 0.1) is 5.41 Å². The third kappa shape index (κ3) is 12.1. The Morgan fingerprint density at radius 1 is 0.821 bits per heavy atom. The number of aliphatic imine (C=N–C) groups is 1. The minimum atomic E-state index is -5.02. The molecule has 0 aromatic heterocycles. The van der Waals surface area contributed by atoms with Crippen LogP contribution < -0.4 is 0 Å². The predicted molar refractivity (Wildman–Crippen MR) is 255 cm³/mol. The van der Waals surface area contributed by atoms with Gasteiger partial charge in [0.05, 0.1) is 32.5 Å². The average molecular weight is 1020 g/mol. The molecule has 3 aromatic carbocycles. The molecule has 0 fully saturated rings. The fourth-order valence-electron chi connectivity index (χ4n) is 8.60. The topological polar surface area (TPSA) is 273 Å². The van der Waals surface area contributed by atoms with Crippen molar-refractivity contribution in [2.24, 2.45) is 10.4 Å². The van der Waals surface area contributed by atoms with Crippen molar-refractivity contribution >= 4 is 91.6 Å². The summed E-state index contributed by atoms with van der Waals surface area (Å²) in [6, 6.07) is 12.1. The molecule has 0 bridgehead atoms. The summed E-state index contributed by atoms with van der Waals surface area (Å²) in [4.78, 5) is 16.9. The first-order chi connectivity index (χ1) is 31.0. The van der Waals surface area contributed by atoms with E-state index in [9.17, 15) is 61.8 Å². The van der Waals surface area contributed by atoms with Crippen molar-refractivity contribution in [3.8, 4) is 0 Å². The van der Waals surface area contributed by atoms with Crippen molar-refractivity contribution in [1.29, 1.82) is 0 Å². The summed E-state index contributed by atoms with van der Waals surface area (Å²) < 4.78 is 137. The Morgan fingerprint density at radius 3 is 2.12 bits per heavy atom. The Labute approximate surface area is 395 Å². The van der Waals surface area contributed by atoms with Crippen LogP contribution in [0.1, 0.15) is 76.5 Å². The minimum Gasteiger partial charge on any atom is -0.481 e. The van der Waals surface area contributed by atoms with E-state index in [2.05, 4.69) is 0 Å². The van der Waals surface area contributed by atoms with Crippen LogP contribution in [-0.4, -0.2) is 109 Å². The van der Waals surface area contributed by atoms with E-state index in [-0.39, 0.29) is 49.4 Å². The van der Waals surface area contributed by atoms with Crippen molar-refractivity contribution in [3.63, 3.8) is 0 Å². The standard InChI is InChI=1S/C45H50ClN3O14S4/c1-44(2)36-25-32(46)28-48(20-5-7-22-64(52,53)54)43(36)47-39(44)17-13-30(31-11-9-10-29(24-31)12-19-41(50)51)14-18-40-45(3,4)42-35-26-33(66(58,59)60)27-38(67(61,62)63)34(35)15-16-37(42)49(40)21-6-8-23-65(55,56)57/h9-11,13-18,24-28H,5-8,12,19-23H2,1-4H3,(H4-,50,51,52,53,54,55,56,57,58,59,60,61,62,63)/p+1. The fraction of sp³-hybridized carbons (Fsp3) is 0.356. The SMILES string of the molecule is CC1(C)C2=CC(Cl)=CN(CCCCS(=O)(=O)O)C2=N/C1=C/C=C(/C=C/C1=[N+](CCCCS(=O)(=O)O)c2ccc3c(S(=O)(=O)O)cc(S(=O)(=O)O)cc3c2C1(C)C)c1cccc(CCC(=O)O)c1. The van der Waals surface area contributed by atoms with Gasteiger partial charge in [-0.1, -0.05) is 55.8 Å². The second-order valence-electron chi connectivity index (χ2n) is 17.5. The molecule has 360 valence electrons. The number of carboxylic acids is 1. The molecular weight excluding hydrogens is 970 g/mol. The van der Waals surface area contributed by atoms with Crippen LogP contribution >= 0.6 is 11.6 Å². The van der Waals surface area contributed by atoms with Crippen molar-refractivity contribution in [3.05, 3.63) is 118 Å². The molecule has 3 aliphatic rings. The Hall–Kier alpha value is -4.84. The van der Waals surface area contributed by atoms with E-state index in [1.165, 1.54) is 6.07 Å². The minimum absolute atomic E-state index is 0.0201. The molecule has 3 aromatic rings. The molecule has 3 heterocycles. The highest BCUT2D eigenvalue weighted by molar-refractivity contribution is 7.87. The van der Waals surface area contributed by atoms with Gasteiger partial charge in [0, 0.05) is 59.7 Å². The van der Waals surface area contributed by atoms with Crippen molar-refractivity contribution in [2.75, 3.05) is 24.6 Å². The van der Waals surface area contributed by atoms with E-state index in [0.717, 1.165) is 17.2 Å². The number of allylic oxidation sites excluding steroid dienone is 8. The summed E-state index contributed by atoms with van der Waals surface area (Å²) in [6.45, 7) is 8.12. The van der Waals surface area contributed by atoms with E-state index in [1.54, 1.807) is 18.3 Å². The number of hydrogen-bond donors (Lipinski definition) is 5. The van der Waals surface area contributed by atoms with Crippen molar-refractivity contribution in [1.82, 2.24) is 4.90 Å². The monoisotopic (exact) mass is 1020 g/mol. The maximum absolute atomic E-state index is 12.7. The van der Waals surface area contributed by atoms with Crippen LogP contribution in [0.2, 0.25) is 0 Å². The summed E-state index contributed by atoms with van der Waals surface area (Å²) in [5, 5.41) is 9.96. The summed E-state index contributed by atoms with van der Waals surface area (Å²) in [5.74, 6) is -1.26. The lowest BCUT2D eigenvalue weighted by Gasteiger charge is -2.29. The van der Waals surface area contributed by atoms with Gasteiger partial charge in [0.25, 0.3) is 40.5 Å². The van der Waals surface area contributed by atoms with Gasteiger partial charge in [-0.25, -0.2) is 4.99 Å². The maximum Gasteiger partial charge on any atom is 0.303 e. The number of nitrogens with zero attached hydrogens (tertiary/aromatic N) is 3. The number of fused-ring (bicyclic) bond motifs is 4. The van der Waals surface area contributed by atoms with Gasteiger partial charge >= 0.3 is 5.97 Å². The number of benzene rings is 3. The predicted octanol–water partition coefficient (Wildman–Crippen LogP) is 7.35. The number of unbranched alkanes of at least 4 members (excludes halogenated alkanes) is 2. The van der Waals surface area contributed by atoms with Crippen LogP contribution in [0.15, 0.2) is 116 Å². The van der Waals surface area contributed by atoms with E-state index < -0.39 is 78.6 Å². The largest absolute Gasteiger partial charge is 0.481 e. The molecule has 0 aliphatic carbocycles. The highest BCUT2D eigenvalue weighted by Gasteiger charge is 2.46. The first-order valence-electron chi connectivity index (χ1n) is 21.0. The van der Waals surface area contributed by atoms with Crippen LogP contribution in [0.25, 0.3) is 16.3 Å². The molecule has 67 heavy (non-hydrogen) atoms. The molecule has 17 nitrogen and oxygen atoms in total. The van der Waals surface area contributed by atoms with Gasteiger partial charge in [0.15, 0.2) is 5.71 Å². The molecule has 0 saturated heterocycles. The highest BCUT2D eigenvalue weighted by Crippen LogP contribution is 2.47. The normalized spacial score (nSPS) is 18.1. The lowest BCUT2D eigenvalue weighted by atomic mass is 9.78. The first kappa shape index (κ1) is 51.5. The Morgan fingerprint density at radius 2 is 1.49 bits per heavy atom. The molecule has 0 radical (unpaired) electrons. The third-order valence-electron chi connectivity index (χ3n) is 11.9. The van der Waals surface area contributed by atoms with Crippen LogP contribution in [0.3, 0.4) is 0 Å². The Bertz CT molecular complexity index is 3240. The number of carbonyl (C=O) groups is 1. The number of aliphatic carboxylic acids is 1. The van der Waals surface area contributed by atoms with Gasteiger partial charge in [-0.15, -0.1) is 0 Å². The zero-order chi connectivity index (χ0) is 49.5. The van der Waals surface area contributed by atoms with E-state index in [1.807, 2.05) is 85.7 Å². The number of halogens is 1. The average Bonchev–Trinajstić information content (AvgIpc) is 3.59. The molecule has 6 rings (SSSR count). The molecule has 0 amide bonds. The van der Waals surface area contributed by atoms with Gasteiger partial charge in [-0.2, -0.15) is 38.2 Å². The molecule has 22 heteroatoms. The van der Waals surface area contributed by atoms with Crippen LogP contribution in [0.4, 0.5) is 5.69 Å². The lowest BCUT2D eigenvalue weighted by Crippen LogP contribution is -2.32. The smallest absolute Gasteiger partial charge is 0.303 e. The summed E-state index contributed by atoms with van der Waals surface area (Å²) >= 11 is 6.58. The maximum atomic E-state index is 12.7. The molecule has 0 saturated carbocycles. The number of aryl methyl sites for hydroxylation is 1. The molecule has 0 atom stereocenters.